The minimum atomic E-state index is -0.342. The van der Waals surface area contributed by atoms with Crippen LogP contribution in [0.5, 0.6) is 0 Å². The van der Waals surface area contributed by atoms with Crippen molar-refractivity contribution in [1.82, 2.24) is 24.8 Å². The maximum Gasteiger partial charge on any atom is 0.324 e. The molecule has 31 heavy (non-hydrogen) atoms. The van der Waals surface area contributed by atoms with Crippen LogP contribution in [0.15, 0.2) is 42.6 Å². The molecule has 0 saturated carbocycles. The third kappa shape index (κ3) is 4.98. The summed E-state index contributed by atoms with van der Waals surface area (Å²) in [5, 5.41) is 3.14. The fraction of sp³-hybridized carbons (Fsp3) is 0.273. The number of aryl methyl sites for hydroxylation is 1. The van der Waals surface area contributed by atoms with Gasteiger partial charge < -0.3 is 9.80 Å². The lowest BCUT2D eigenvalue weighted by atomic mass is 10.0. The molecule has 160 valence electrons. The molecule has 0 bridgehead atoms. The van der Waals surface area contributed by atoms with Crippen molar-refractivity contribution in [2.24, 2.45) is 0 Å². The molecule has 1 fully saturated rings. The Hall–Kier alpha value is -3.10. The van der Waals surface area contributed by atoms with E-state index in [1.807, 2.05) is 20.0 Å². The molecular formula is C22H22ClFN6O. The van der Waals surface area contributed by atoms with Crippen LogP contribution in [0.25, 0.3) is 22.4 Å². The first-order valence-electron chi connectivity index (χ1n) is 9.91. The SMILES string of the molecule is Cc1cc(-c2cnc(NC(=O)N3CCN(C)CC3)nc2-c2ccc(F)cc2)cc(Cl)n1. The van der Waals surface area contributed by atoms with Crippen molar-refractivity contribution < 1.29 is 9.18 Å². The summed E-state index contributed by atoms with van der Waals surface area (Å²) in [7, 11) is 2.03. The van der Waals surface area contributed by atoms with Gasteiger partial charge in [0.2, 0.25) is 5.95 Å². The standard InChI is InChI=1S/C22H22ClFN6O/c1-14-11-16(12-19(23)26-14)18-13-25-21(27-20(18)15-3-5-17(24)6-4-15)28-22(31)30-9-7-29(2)8-10-30/h3-6,11-13H,7-10H2,1-2H3,(H,25,27,28,31). The predicted octanol–water partition coefficient (Wildman–Crippen LogP) is 4.09. The summed E-state index contributed by atoms with van der Waals surface area (Å²) in [6, 6.07) is 9.38. The second-order valence-corrected chi connectivity index (χ2v) is 7.89. The molecule has 2 amide bonds. The van der Waals surface area contributed by atoms with Crippen molar-refractivity contribution in [2.75, 3.05) is 38.5 Å². The van der Waals surface area contributed by atoms with Crippen molar-refractivity contribution in [3.63, 3.8) is 0 Å². The maximum atomic E-state index is 13.5. The first kappa shape index (κ1) is 21.1. The average molecular weight is 441 g/mol. The van der Waals surface area contributed by atoms with Crippen LogP contribution in [0, 0.1) is 12.7 Å². The molecule has 3 heterocycles. The second-order valence-electron chi connectivity index (χ2n) is 7.50. The third-order valence-corrected chi connectivity index (χ3v) is 5.34. The molecule has 7 nitrogen and oxygen atoms in total. The summed E-state index contributed by atoms with van der Waals surface area (Å²) < 4.78 is 13.5. The lowest BCUT2D eigenvalue weighted by molar-refractivity contribution is 0.164. The van der Waals surface area contributed by atoms with Crippen LogP contribution in [0.1, 0.15) is 5.69 Å². The number of carbonyl (C=O) groups excluding carboxylic acids is 1. The number of nitrogens with one attached hydrogen (secondary N) is 1. The van der Waals surface area contributed by atoms with Gasteiger partial charge in [0.25, 0.3) is 0 Å². The number of hydrogen-bond acceptors (Lipinski definition) is 5. The van der Waals surface area contributed by atoms with Gasteiger partial charge in [-0.2, -0.15) is 0 Å². The van der Waals surface area contributed by atoms with Crippen molar-refractivity contribution in [1.29, 1.82) is 0 Å². The molecule has 1 saturated heterocycles. The van der Waals surface area contributed by atoms with Gasteiger partial charge >= 0.3 is 6.03 Å². The van der Waals surface area contributed by atoms with Gasteiger partial charge in [-0.05, 0) is 55.9 Å². The van der Waals surface area contributed by atoms with Gasteiger partial charge in [0.15, 0.2) is 0 Å². The quantitative estimate of drug-likeness (QED) is 0.621. The van der Waals surface area contributed by atoms with Gasteiger partial charge in [0.1, 0.15) is 11.0 Å². The number of hydrogen-bond donors (Lipinski definition) is 1. The monoisotopic (exact) mass is 440 g/mol. The van der Waals surface area contributed by atoms with Crippen LogP contribution in [0.3, 0.4) is 0 Å². The molecule has 1 N–H and O–H groups in total. The molecule has 4 rings (SSSR count). The van der Waals surface area contributed by atoms with Crippen molar-refractivity contribution >= 4 is 23.6 Å². The molecule has 0 radical (unpaired) electrons. The maximum absolute atomic E-state index is 13.5. The molecule has 1 aliphatic rings. The van der Waals surface area contributed by atoms with Crippen LogP contribution in [0.4, 0.5) is 15.1 Å². The van der Waals surface area contributed by atoms with Gasteiger partial charge in [-0.1, -0.05) is 11.6 Å². The van der Waals surface area contributed by atoms with E-state index >= 15 is 0 Å². The number of likely N-dealkylation sites (N-methyl/N-ethyl adjacent to an activating group) is 1. The predicted molar refractivity (Wildman–Crippen MR) is 118 cm³/mol. The van der Waals surface area contributed by atoms with Gasteiger partial charge in [-0.15, -0.1) is 0 Å². The second kappa shape index (κ2) is 8.95. The van der Waals surface area contributed by atoms with Gasteiger partial charge in [0, 0.05) is 49.2 Å². The number of piperazine rings is 1. The summed E-state index contributed by atoms with van der Waals surface area (Å²) >= 11 is 6.15. The van der Waals surface area contributed by atoms with Crippen molar-refractivity contribution in [3.05, 3.63) is 59.3 Å². The Labute approximate surface area is 184 Å². The highest BCUT2D eigenvalue weighted by molar-refractivity contribution is 6.29. The Balaban J connectivity index is 1.69. The molecule has 3 aromatic rings. The van der Waals surface area contributed by atoms with E-state index in [0.29, 0.717) is 35.1 Å². The normalized spacial score (nSPS) is 14.5. The van der Waals surface area contributed by atoms with Crippen molar-refractivity contribution in [3.8, 4) is 22.4 Å². The Morgan fingerprint density at radius 2 is 1.77 bits per heavy atom. The number of benzene rings is 1. The summed E-state index contributed by atoms with van der Waals surface area (Å²) in [4.78, 5) is 29.7. The summed E-state index contributed by atoms with van der Waals surface area (Å²) in [6.45, 7) is 4.75. The number of urea groups is 1. The first-order chi connectivity index (χ1) is 14.9. The molecule has 0 unspecified atom stereocenters. The van der Waals surface area contributed by atoms with Crippen LogP contribution in [-0.4, -0.2) is 64.0 Å². The number of anilines is 1. The zero-order valence-corrected chi connectivity index (χ0v) is 18.0. The minimum absolute atomic E-state index is 0.184. The minimum Gasteiger partial charge on any atom is -0.322 e. The van der Waals surface area contributed by atoms with Gasteiger partial charge in [-0.3, -0.25) is 5.32 Å². The summed E-state index contributed by atoms with van der Waals surface area (Å²) in [6.07, 6.45) is 1.64. The lowest BCUT2D eigenvalue weighted by Gasteiger charge is -2.32. The highest BCUT2D eigenvalue weighted by atomic mass is 35.5. The number of nitrogens with zero attached hydrogens (tertiary/aromatic N) is 5. The van der Waals surface area contributed by atoms with E-state index in [9.17, 15) is 9.18 Å². The molecule has 0 atom stereocenters. The number of aromatic nitrogens is 3. The van der Waals surface area contributed by atoms with Crippen LogP contribution < -0.4 is 5.32 Å². The van der Waals surface area contributed by atoms with E-state index in [1.54, 1.807) is 29.3 Å². The summed E-state index contributed by atoms with van der Waals surface area (Å²) in [5.74, 6) is -0.158. The van der Waals surface area contributed by atoms with E-state index in [0.717, 1.165) is 24.3 Å². The van der Waals surface area contributed by atoms with Gasteiger partial charge in [-0.25, -0.2) is 24.1 Å². The number of amides is 2. The Bertz CT molecular complexity index is 1080. The third-order valence-electron chi connectivity index (χ3n) is 5.15. The fourth-order valence-electron chi connectivity index (χ4n) is 3.45. The molecular weight excluding hydrogens is 419 g/mol. The van der Waals surface area contributed by atoms with E-state index in [4.69, 9.17) is 11.6 Å². The Morgan fingerprint density at radius 3 is 2.45 bits per heavy atom. The number of pyridine rings is 1. The van der Waals surface area contributed by atoms with Crippen molar-refractivity contribution in [2.45, 2.75) is 6.92 Å². The van der Waals surface area contributed by atoms with Gasteiger partial charge in [0.05, 0.1) is 5.69 Å². The van der Waals surface area contributed by atoms with E-state index in [2.05, 4.69) is 25.2 Å². The highest BCUT2D eigenvalue weighted by Crippen LogP contribution is 2.32. The van der Waals surface area contributed by atoms with Crippen LogP contribution in [-0.2, 0) is 0 Å². The zero-order valence-electron chi connectivity index (χ0n) is 17.3. The zero-order chi connectivity index (χ0) is 22.0. The molecule has 0 aliphatic carbocycles. The Morgan fingerprint density at radius 1 is 1.06 bits per heavy atom. The summed E-state index contributed by atoms with van der Waals surface area (Å²) in [5.41, 5.74) is 3.50. The molecule has 9 heteroatoms. The number of halogens is 2. The van der Waals surface area contributed by atoms with Crippen LogP contribution >= 0.6 is 11.6 Å². The van der Waals surface area contributed by atoms with E-state index in [1.165, 1.54) is 12.1 Å². The molecule has 1 aromatic carbocycles. The van der Waals surface area contributed by atoms with E-state index in [-0.39, 0.29) is 17.8 Å². The molecule has 1 aliphatic heterocycles. The number of rotatable bonds is 3. The average Bonchev–Trinajstić information content (AvgIpc) is 2.74. The molecule has 2 aromatic heterocycles. The topological polar surface area (TPSA) is 74.2 Å². The Kier molecular flexibility index (Phi) is 6.11. The van der Waals surface area contributed by atoms with Crippen LogP contribution in [0.2, 0.25) is 5.15 Å². The highest BCUT2D eigenvalue weighted by Gasteiger charge is 2.21. The first-order valence-corrected chi connectivity index (χ1v) is 10.3. The van der Waals surface area contributed by atoms with E-state index < -0.39 is 0 Å². The fourth-order valence-corrected chi connectivity index (χ4v) is 3.70. The smallest absolute Gasteiger partial charge is 0.322 e. The number of carbonyl (C=O) groups is 1. The largest absolute Gasteiger partial charge is 0.324 e. The lowest BCUT2D eigenvalue weighted by Crippen LogP contribution is -2.48. The molecule has 0 spiro atoms.